The highest BCUT2D eigenvalue weighted by Crippen LogP contribution is 2.21. The number of anilines is 1. The number of rotatable bonds is 5. The van der Waals surface area contributed by atoms with E-state index in [4.69, 9.17) is 0 Å². The average Bonchev–Trinajstić information content (AvgIpc) is 2.89. The zero-order chi connectivity index (χ0) is 16.3. The van der Waals surface area contributed by atoms with Gasteiger partial charge in [0.25, 0.3) is 0 Å². The van der Waals surface area contributed by atoms with Crippen LogP contribution in [-0.2, 0) is 11.3 Å². The smallest absolute Gasteiger partial charge is 0.390 e. The molecular weight excluding hydrogens is 303 g/mol. The molecule has 1 aromatic heterocycles. The maximum Gasteiger partial charge on any atom is 0.490 e. The van der Waals surface area contributed by atoms with Crippen LogP contribution in [0.15, 0.2) is 24.5 Å². The van der Waals surface area contributed by atoms with E-state index in [2.05, 4.69) is 15.4 Å². The van der Waals surface area contributed by atoms with E-state index >= 15 is 0 Å². The predicted molar refractivity (Wildman–Crippen MR) is 68.4 cm³/mol. The van der Waals surface area contributed by atoms with Gasteiger partial charge in [0.2, 0.25) is 18.1 Å². The van der Waals surface area contributed by atoms with Crippen LogP contribution in [0, 0.1) is 26.0 Å². The number of carbonyl (C=O) groups excluding carboxylic acids is 1. The Balaban J connectivity index is 2.07. The molecule has 12 heteroatoms. The molecule has 11 nitrogen and oxygen atoms in total. The number of nitro benzene ring substituents is 1. The maximum absolute atomic E-state index is 13.1. The molecule has 2 aromatic rings. The van der Waals surface area contributed by atoms with E-state index in [1.54, 1.807) is 0 Å². The summed E-state index contributed by atoms with van der Waals surface area (Å²) in [6, 6.07) is 2.84. The largest absolute Gasteiger partial charge is 0.490 e. The quantitative estimate of drug-likeness (QED) is 0.636. The number of hydrogen-bond acceptors (Lipinski definition) is 7. The maximum atomic E-state index is 13.1. The van der Waals surface area contributed by atoms with Gasteiger partial charge in [-0.25, -0.2) is 0 Å². The van der Waals surface area contributed by atoms with Crippen molar-refractivity contribution in [2.45, 2.75) is 6.54 Å². The fraction of sp³-hybridized carbons (Fsp3) is 0.100. The van der Waals surface area contributed by atoms with Gasteiger partial charge in [-0.1, -0.05) is 4.98 Å². The first-order chi connectivity index (χ1) is 10.4. The normalized spacial score (nSPS) is 10.2. The molecule has 0 radical (unpaired) electrons. The molecule has 1 N–H and O–H groups in total. The lowest BCUT2D eigenvalue weighted by atomic mass is 10.2. The van der Waals surface area contributed by atoms with E-state index in [1.807, 2.05) is 0 Å². The molecule has 0 bridgehead atoms. The summed E-state index contributed by atoms with van der Waals surface area (Å²) in [4.78, 5) is 34.3. The van der Waals surface area contributed by atoms with Gasteiger partial charge < -0.3 is 15.4 Å². The minimum atomic E-state index is -1.03. The van der Waals surface area contributed by atoms with Crippen molar-refractivity contribution in [3.05, 3.63) is 50.6 Å². The Morgan fingerprint density at radius 2 is 2.05 bits per heavy atom. The van der Waals surface area contributed by atoms with Gasteiger partial charge in [-0.05, 0) is 17.1 Å². The van der Waals surface area contributed by atoms with Crippen LogP contribution < -0.4 is 5.32 Å². The number of hydrogen-bond donors (Lipinski definition) is 1. The Morgan fingerprint density at radius 1 is 1.32 bits per heavy atom. The van der Waals surface area contributed by atoms with E-state index in [0.29, 0.717) is 0 Å². The number of benzene rings is 1. The van der Waals surface area contributed by atoms with E-state index in [1.165, 1.54) is 0 Å². The van der Waals surface area contributed by atoms with E-state index in [0.717, 1.165) is 29.2 Å². The first-order valence-corrected chi connectivity index (χ1v) is 5.64. The summed E-state index contributed by atoms with van der Waals surface area (Å²) in [5, 5.41) is 26.7. The van der Waals surface area contributed by atoms with Gasteiger partial charge in [0.05, 0.1) is 4.92 Å². The molecule has 114 valence electrons. The highest BCUT2D eigenvalue weighted by molar-refractivity contribution is 5.90. The van der Waals surface area contributed by atoms with E-state index in [9.17, 15) is 29.4 Å². The van der Waals surface area contributed by atoms with Gasteiger partial charge in [-0.2, -0.15) is 9.07 Å². The van der Waals surface area contributed by atoms with Crippen LogP contribution in [-0.4, -0.2) is 30.5 Å². The number of nitrogens with one attached hydrogen (secondary N) is 1. The van der Waals surface area contributed by atoms with Crippen LogP contribution in [0.5, 0.6) is 0 Å². The Bertz CT molecular complexity index is 760. The third-order valence-corrected chi connectivity index (χ3v) is 2.42. The molecule has 1 aromatic carbocycles. The lowest BCUT2D eigenvalue weighted by Gasteiger charge is -2.04. The summed E-state index contributed by atoms with van der Waals surface area (Å²) in [6.45, 7) is -0.397. The first-order valence-electron chi connectivity index (χ1n) is 5.64. The summed E-state index contributed by atoms with van der Waals surface area (Å²) in [6.07, 6.45) is 0.991. The Labute approximate surface area is 120 Å². The summed E-state index contributed by atoms with van der Waals surface area (Å²) in [5.41, 5.74) is -0.776. The molecule has 0 fully saturated rings. The fourth-order valence-electron chi connectivity index (χ4n) is 1.52. The summed E-state index contributed by atoms with van der Waals surface area (Å²) >= 11 is 0. The van der Waals surface area contributed by atoms with Crippen molar-refractivity contribution in [3.63, 3.8) is 0 Å². The SMILES string of the molecule is O=C(Cn1cnc([N+](=O)[O-])n1)Nc1ccc(F)c([N+](=O)[O-])c1. The molecular formula is C10H7FN6O5. The second-order valence-electron chi connectivity index (χ2n) is 3.97. The number of aromatic nitrogens is 3. The highest BCUT2D eigenvalue weighted by Gasteiger charge is 2.17. The molecule has 22 heavy (non-hydrogen) atoms. The fourth-order valence-corrected chi connectivity index (χ4v) is 1.52. The van der Waals surface area contributed by atoms with Gasteiger partial charge in [0.15, 0.2) is 0 Å². The molecule has 0 atom stereocenters. The highest BCUT2D eigenvalue weighted by atomic mass is 19.1. The van der Waals surface area contributed by atoms with Crippen molar-refractivity contribution < 1.29 is 19.0 Å². The number of nitro groups is 2. The first kappa shape index (κ1) is 15.0. The van der Waals surface area contributed by atoms with Crippen molar-refractivity contribution in [2.24, 2.45) is 0 Å². The van der Waals surface area contributed by atoms with Gasteiger partial charge in [0.1, 0.15) is 6.54 Å². The molecule has 0 spiro atoms. The second kappa shape index (κ2) is 5.90. The van der Waals surface area contributed by atoms with Crippen LogP contribution >= 0.6 is 0 Å². The Hall–Kier alpha value is -3.44. The zero-order valence-corrected chi connectivity index (χ0v) is 10.7. The van der Waals surface area contributed by atoms with Crippen LogP contribution in [0.3, 0.4) is 0 Å². The number of amides is 1. The zero-order valence-electron chi connectivity index (χ0n) is 10.7. The predicted octanol–water partition coefficient (Wildman–Crippen LogP) is 0.872. The van der Waals surface area contributed by atoms with Crippen molar-refractivity contribution in [1.29, 1.82) is 0 Å². The third-order valence-electron chi connectivity index (χ3n) is 2.42. The number of nitrogens with zero attached hydrogens (tertiary/aromatic N) is 5. The van der Waals surface area contributed by atoms with Gasteiger partial charge in [0, 0.05) is 16.9 Å². The summed E-state index contributed by atoms with van der Waals surface area (Å²) < 4.78 is 14.1. The molecule has 0 unspecified atom stereocenters. The van der Waals surface area contributed by atoms with Crippen molar-refractivity contribution in [1.82, 2.24) is 14.8 Å². The molecule has 0 aliphatic heterocycles. The molecule has 0 aliphatic rings. The molecule has 0 saturated heterocycles. The lowest BCUT2D eigenvalue weighted by Crippen LogP contribution is -2.19. The minimum absolute atomic E-state index is 0.00714. The van der Waals surface area contributed by atoms with Crippen molar-refractivity contribution >= 4 is 23.2 Å². The monoisotopic (exact) mass is 310 g/mol. The number of halogens is 1. The number of carbonyl (C=O) groups is 1. The van der Waals surface area contributed by atoms with Crippen LogP contribution in [0.2, 0.25) is 0 Å². The van der Waals surface area contributed by atoms with Crippen LogP contribution in [0.4, 0.5) is 21.7 Å². The molecule has 0 aliphatic carbocycles. The molecule has 1 heterocycles. The van der Waals surface area contributed by atoms with Crippen molar-refractivity contribution in [2.75, 3.05) is 5.32 Å². The van der Waals surface area contributed by atoms with Crippen molar-refractivity contribution in [3.8, 4) is 0 Å². The summed E-state index contributed by atoms with van der Waals surface area (Å²) in [5.74, 6) is -2.36. The second-order valence-corrected chi connectivity index (χ2v) is 3.97. The Morgan fingerprint density at radius 3 is 2.64 bits per heavy atom. The van der Waals surface area contributed by atoms with Gasteiger partial charge in [-0.15, -0.1) is 0 Å². The lowest BCUT2D eigenvalue weighted by molar-refractivity contribution is -0.394. The topological polar surface area (TPSA) is 146 Å². The summed E-state index contributed by atoms with van der Waals surface area (Å²) in [7, 11) is 0. The molecule has 1 amide bonds. The van der Waals surface area contributed by atoms with E-state index < -0.39 is 39.8 Å². The van der Waals surface area contributed by atoms with Gasteiger partial charge >= 0.3 is 11.6 Å². The minimum Gasteiger partial charge on any atom is -0.390 e. The Kier molecular flexibility index (Phi) is 4.01. The van der Waals surface area contributed by atoms with Crippen LogP contribution in [0.25, 0.3) is 0 Å². The standard InChI is InChI=1S/C10H7FN6O5/c11-7-2-1-6(3-8(7)16(19)20)13-9(18)4-15-5-12-10(14-15)17(21)22/h1-3,5H,4H2,(H,13,18). The molecule has 2 rings (SSSR count). The van der Waals surface area contributed by atoms with E-state index in [-0.39, 0.29) is 5.69 Å². The van der Waals surface area contributed by atoms with Crippen LogP contribution in [0.1, 0.15) is 0 Å². The molecule has 0 saturated carbocycles. The van der Waals surface area contributed by atoms with Gasteiger partial charge in [-0.3, -0.25) is 14.9 Å². The third kappa shape index (κ3) is 3.36. The average molecular weight is 310 g/mol.